The first kappa shape index (κ1) is 11.9. The molecule has 0 saturated heterocycles. The second-order valence-corrected chi connectivity index (χ2v) is 3.84. The lowest BCUT2D eigenvalue weighted by molar-refractivity contribution is 0.221. The van der Waals surface area contributed by atoms with Gasteiger partial charge in [0, 0.05) is 13.2 Å². The van der Waals surface area contributed by atoms with E-state index in [1.807, 2.05) is 0 Å². The predicted molar refractivity (Wildman–Crippen MR) is 51.0 cm³/mol. The Morgan fingerprint density at radius 2 is 1.50 bits per heavy atom. The SMILES string of the molecule is C[C@@H](CCO)CCC[C@H](C)CO. The van der Waals surface area contributed by atoms with Gasteiger partial charge < -0.3 is 10.2 Å². The van der Waals surface area contributed by atoms with Crippen LogP contribution < -0.4 is 0 Å². The van der Waals surface area contributed by atoms with E-state index in [0.717, 1.165) is 12.8 Å². The van der Waals surface area contributed by atoms with Crippen LogP contribution in [0, 0.1) is 11.8 Å². The summed E-state index contributed by atoms with van der Waals surface area (Å²) in [6.45, 7) is 4.83. The minimum Gasteiger partial charge on any atom is -0.396 e. The molecule has 0 aromatic rings. The highest BCUT2D eigenvalue weighted by Gasteiger charge is 2.03. The molecule has 12 heavy (non-hydrogen) atoms. The maximum Gasteiger partial charge on any atom is 0.0456 e. The van der Waals surface area contributed by atoms with Gasteiger partial charge in [-0.2, -0.15) is 0 Å². The van der Waals surface area contributed by atoms with Gasteiger partial charge in [0.05, 0.1) is 0 Å². The van der Waals surface area contributed by atoms with E-state index in [1.165, 1.54) is 12.8 Å². The van der Waals surface area contributed by atoms with Gasteiger partial charge >= 0.3 is 0 Å². The van der Waals surface area contributed by atoms with Gasteiger partial charge in [0.1, 0.15) is 0 Å². The van der Waals surface area contributed by atoms with Crippen molar-refractivity contribution in [2.24, 2.45) is 11.8 Å². The van der Waals surface area contributed by atoms with E-state index in [2.05, 4.69) is 13.8 Å². The van der Waals surface area contributed by atoms with Crippen LogP contribution in [-0.4, -0.2) is 23.4 Å². The molecule has 0 heterocycles. The summed E-state index contributed by atoms with van der Waals surface area (Å²) in [5.41, 5.74) is 0. The lowest BCUT2D eigenvalue weighted by Gasteiger charge is -2.11. The van der Waals surface area contributed by atoms with Crippen molar-refractivity contribution in [3.63, 3.8) is 0 Å². The number of rotatable bonds is 7. The molecule has 2 heteroatoms. The maximum atomic E-state index is 8.76. The summed E-state index contributed by atoms with van der Waals surface area (Å²) < 4.78 is 0. The third-order valence-corrected chi connectivity index (χ3v) is 2.33. The van der Waals surface area contributed by atoms with Crippen molar-refractivity contribution in [1.29, 1.82) is 0 Å². The minimum absolute atomic E-state index is 0.300. The van der Waals surface area contributed by atoms with E-state index in [4.69, 9.17) is 10.2 Å². The number of hydrogen-bond acceptors (Lipinski definition) is 2. The second-order valence-electron chi connectivity index (χ2n) is 3.84. The molecule has 2 nitrogen and oxygen atoms in total. The molecule has 0 saturated carbocycles. The van der Waals surface area contributed by atoms with Crippen molar-refractivity contribution in [3.8, 4) is 0 Å². The molecule has 0 fully saturated rings. The second kappa shape index (κ2) is 7.56. The third kappa shape index (κ3) is 6.62. The number of aliphatic hydroxyl groups excluding tert-OH is 2. The van der Waals surface area contributed by atoms with E-state index < -0.39 is 0 Å². The largest absolute Gasteiger partial charge is 0.396 e. The van der Waals surface area contributed by atoms with Gasteiger partial charge in [0.2, 0.25) is 0 Å². The Hall–Kier alpha value is -0.0800. The van der Waals surface area contributed by atoms with Gasteiger partial charge in [-0.05, 0) is 24.7 Å². The molecule has 0 aliphatic carbocycles. The van der Waals surface area contributed by atoms with E-state index >= 15 is 0 Å². The van der Waals surface area contributed by atoms with Gasteiger partial charge in [0.25, 0.3) is 0 Å². The summed E-state index contributed by atoms with van der Waals surface area (Å²) in [5, 5.41) is 17.4. The van der Waals surface area contributed by atoms with Crippen molar-refractivity contribution in [2.45, 2.75) is 39.5 Å². The van der Waals surface area contributed by atoms with Crippen molar-refractivity contribution >= 4 is 0 Å². The van der Waals surface area contributed by atoms with Crippen LogP contribution in [0.2, 0.25) is 0 Å². The quantitative estimate of drug-likeness (QED) is 0.618. The van der Waals surface area contributed by atoms with Crippen LogP contribution in [0.25, 0.3) is 0 Å². The predicted octanol–water partition coefficient (Wildman–Crippen LogP) is 1.80. The van der Waals surface area contributed by atoms with E-state index in [1.54, 1.807) is 0 Å². The summed E-state index contributed by atoms with van der Waals surface area (Å²) in [4.78, 5) is 0. The molecule has 0 aliphatic heterocycles. The fraction of sp³-hybridized carbons (Fsp3) is 1.00. The van der Waals surface area contributed by atoms with Crippen LogP contribution in [0.3, 0.4) is 0 Å². The zero-order valence-corrected chi connectivity index (χ0v) is 8.29. The van der Waals surface area contributed by atoms with E-state index in [9.17, 15) is 0 Å². The minimum atomic E-state index is 0.300. The van der Waals surface area contributed by atoms with Crippen LogP contribution in [0.5, 0.6) is 0 Å². The molecule has 2 N–H and O–H groups in total. The Balaban J connectivity index is 3.18. The fourth-order valence-electron chi connectivity index (χ4n) is 1.27. The first-order chi connectivity index (χ1) is 5.70. The van der Waals surface area contributed by atoms with Gasteiger partial charge in [-0.25, -0.2) is 0 Å². The molecule has 0 spiro atoms. The Morgan fingerprint density at radius 3 is 2.00 bits per heavy atom. The Labute approximate surface area is 75.6 Å². The van der Waals surface area contributed by atoms with Gasteiger partial charge in [-0.15, -0.1) is 0 Å². The topological polar surface area (TPSA) is 40.5 Å². The molecule has 74 valence electrons. The lowest BCUT2D eigenvalue weighted by atomic mass is 9.97. The normalized spacial score (nSPS) is 16.0. The fourth-order valence-corrected chi connectivity index (χ4v) is 1.27. The summed E-state index contributed by atoms with van der Waals surface area (Å²) in [6, 6.07) is 0. The standard InChI is InChI=1S/C10H22O2/c1-9(6-7-11)4-3-5-10(2)8-12/h9-12H,3-8H2,1-2H3/t9-,10+/m1/s1. The third-order valence-electron chi connectivity index (χ3n) is 2.33. The molecule has 2 atom stereocenters. The number of aliphatic hydroxyl groups is 2. The summed E-state index contributed by atoms with van der Waals surface area (Å²) in [7, 11) is 0. The van der Waals surface area contributed by atoms with Crippen molar-refractivity contribution in [3.05, 3.63) is 0 Å². The molecule has 0 amide bonds. The summed E-state index contributed by atoms with van der Waals surface area (Å²) in [5.74, 6) is 1.06. The molecular weight excluding hydrogens is 152 g/mol. The smallest absolute Gasteiger partial charge is 0.0456 e. The first-order valence-corrected chi connectivity index (χ1v) is 4.92. The highest BCUT2D eigenvalue weighted by molar-refractivity contribution is 4.56. The van der Waals surface area contributed by atoms with Crippen LogP contribution in [0.1, 0.15) is 39.5 Å². The van der Waals surface area contributed by atoms with Crippen molar-refractivity contribution in [2.75, 3.05) is 13.2 Å². The molecule has 0 aromatic heterocycles. The molecule has 0 bridgehead atoms. The highest BCUT2D eigenvalue weighted by atomic mass is 16.3. The number of hydrogen-bond donors (Lipinski definition) is 2. The van der Waals surface area contributed by atoms with Crippen LogP contribution in [0.4, 0.5) is 0 Å². The Morgan fingerprint density at radius 1 is 0.917 bits per heavy atom. The van der Waals surface area contributed by atoms with Crippen molar-refractivity contribution < 1.29 is 10.2 Å². The average molecular weight is 174 g/mol. The van der Waals surface area contributed by atoms with E-state index in [-0.39, 0.29) is 0 Å². The van der Waals surface area contributed by atoms with Crippen LogP contribution in [-0.2, 0) is 0 Å². The van der Waals surface area contributed by atoms with Crippen LogP contribution >= 0.6 is 0 Å². The monoisotopic (exact) mass is 174 g/mol. The summed E-state index contributed by atoms with van der Waals surface area (Å²) in [6.07, 6.45) is 4.35. The van der Waals surface area contributed by atoms with Gasteiger partial charge in [0.15, 0.2) is 0 Å². The van der Waals surface area contributed by atoms with Crippen LogP contribution in [0.15, 0.2) is 0 Å². The average Bonchev–Trinajstić information content (AvgIpc) is 2.04. The Bertz CT molecular complexity index is 93.8. The lowest BCUT2D eigenvalue weighted by Crippen LogP contribution is -2.03. The zero-order chi connectivity index (χ0) is 9.40. The van der Waals surface area contributed by atoms with E-state index in [0.29, 0.717) is 25.0 Å². The van der Waals surface area contributed by atoms with Gasteiger partial charge in [-0.3, -0.25) is 0 Å². The molecule has 0 aromatic carbocycles. The first-order valence-electron chi connectivity index (χ1n) is 4.92. The molecule has 0 unspecified atom stereocenters. The molecule has 0 rings (SSSR count). The molecular formula is C10H22O2. The Kier molecular flexibility index (Phi) is 7.51. The highest BCUT2D eigenvalue weighted by Crippen LogP contribution is 2.14. The van der Waals surface area contributed by atoms with Crippen molar-refractivity contribution in [1.82, 2.24) is 0 Å². The molecule has 0 radical (unpaired) electrons. The molecule has 0 aliphatic rings. The zero-order valence-electron chi connectivity index (χ0n) is 8.29. The maximum absolute atomic E-state index is 8.76. The van der Waals surface area contributed by atoms with Gasteiger partial charge in [-0.1, -0.05) is 26.7 Å². The summed E-state index contributed by atoms with van der Waals surface area (Å²) >= 11 is 0.